The van der Waals surface area contributed by atoms with E-state index < -0.39 is 8.60 Å². The van der Waals surface area contributed by atoms with Crippen LogP contribution in [0.5, 0.6) is 0 Å². The number of rotatable bonds is 0. The van der Waals surface area contributed by atoms with Gasteiger partial charge in [0, 0.05) is 19.3 Å². The second-order valence-corrected chi connectivity index (χ2v) is 3.15. The maximum absolute atomic E-state index is 7.23. The van der Waals surface area contributed by atoms with E-state index in [1.165, 1.54) is 0 Å². The number of hydrogen-bond donors (Lipinski definition) is 3. The Morgan fingerprint density at radius 3 is 0.789 bits per heavy atom. The molecule has 3 nitrogen and oxygen atoms in total. The van der Waals surface area contributed by atoms with Crippen molar-refractivity contribution in [2.24, 2.45) is 0 Å². The second-order valence-electron chi connectivity index (χ2n) is 2.61. The van der Waals surface area contributed by atoms with Gasteiger partial charge in [0.05, 0.1) is 0 Å². The monoisotopic (exact) mass is 286 g/mol. The van der Waals surface area contributed by atoms with Crippen molar-refractivity contribution >= 4 is 8.60 Å². The van der Waals surface area contributed by atoms with Gasteiger partial charge in [0.25, 0.3) is 0 Å². The molecule has 3 N–H and O–H groups in total. The third-order valence-corrected chi connectivity index (χ3v) is 1.06. The highest BCUT2D eigenvalue weighted by Crippen LogP contribution is 2.11. The van der Waals surface area contributed by atoms with Gasteiger partial charge in [-0.1, -0.05) is 20.8 Å². The van der Waals surface area contributed by atoms with Gasteiger partial charge >= 0.3 is 8.60 Å². The minimum Gasteiger partial charge on any atom is -0.328 e. The molecule has 0 aromatic rings. The van der Waals surface area contributed by atoms with Crippen molar-refractivity contribution in [3.8, 4) is 35.5 Å². The molecule has 0 radical (unpaired) electrons. The summed E-state index contributed by atoms with van der Waals surface area (Å²) in [5, 5.41) is 0. The minimum atomic E-state index is -2.62. The third-order valence-electron chi connectivity index (χ3n) is 1.06. The Hall–Kier alpha value is -1.01. The highest BCUT2D eigenvalue weighted by atomic mass is 31.2. The molecule has 0 unspecified atom stereocenters. The molecule has 0 saturated heterocycles. The molecule has 0 aliphatic heterocycles. The van der Waals surface area contributed by atoms with Crippen LogP contribution in [-0.4, -0.2) is 14.7 Å². The van der Waals surface area contributed by atoms with Crippen LogP contribution in [0.1, 0.15) is 60.8 Å². The SMILES string of the molecule is CC#CCC.CC#CCC.CC#CCC.OP(O)O. The molecule has 19 heavy (non-hydrogen) atoms. The fraction of sp³-hybridized carbons (Fsp3) is 0.600. The second kappa shape index (κ2) is 36.0. The smallest absolute Gasteiger partial charge is 0.324 e. The van der Waals surface area contributed by atoms with Crippen molar-refractivity contribution < 1.29 is 14.7 Å². The summed E-state index contributed by atoms with van der Waals surface area (Å²) in [6, 6.07) is 0. The molecule has 4 heteroatoms. The van der Waals surface area contributed by atoms with Crippen LogP contribution in [-0.2, 0) is 0 Å². The molecule has 0 heterocycles. The van der Waals surface area contributed by atoms with Crippen LogP contribution in [0.2, 0.25) is 0 Å². The molecule has 0 aromatic heterocycles. The van der Waals surface area contributed by atoms with Crippen molar-refractivity contribution in [1.29, 1.82) is 0 Å². The lowest BCUT2D eigenvalue weighted by atomic mass is 10.5. The van der Waals surface area contributed by atoms with Gasteiger partial charge in [0.15, 0.2) is 0 Å². The quantitative estimate of drug-likeness (QED) is 0.472. The van der Waals surface area contributed by atoms with E-state index in [9.17, 15) is 0 Å². The zero-order valence-corrected chi connectivity index (χ0v) is 13.8. The minimum absolute atomic E-state index is 0.983. The largest absolute Gasteiger partial charge is 0.328 e. The molecule has 0 spiro atoms. The van der Waals surface area contributed by atoms with Crippen LogP contribution < -0.4 is 0 Å². The highest BCUT2D eigenvalue weighted by Gasteiger charge is 1.76. The van der Waals surface area contributed by atoms with Gasteiger partial charge in [0.1, 0.15) is 0 Å². The Morgan fingerprint density at radius 1 is 0.632 bits per heavy atom. The first-order chi connectivity index (χ1) is 8.97. The van der Waals surface area contributed by atoms with Gasteiger partial charge in [-0.15, -0.1) is 35.5 Å². The van der Waals surface area contributed by atoms with E-state index in [0.717, 1.165) is 19.3 Å². The average molecular weight is 286 g/mol. The van der Waals surface area contributed by atoms with E-state index >= 15 is 0 Å². The summed E-state index contributed by atoms with van der Waals surface area (Å²) in [6.07, 6.45) is 2.95. The molecule has 0 aromatic carbocycles. The van der Waals surface area contributed by atoms with E-state index in [0.29, 0.717) is 0 Å². The molecule has 0 amide bonds. The molecule has 0 bridgehead atoms. The highest BCUT2D eigenvalue weighted by molar-refractivity contribution is 7.38. The van der Waals surface area contributed by atoms with Gasteiger partial charge < -0.3 is 14.7 Å². The van der Waals surface area contributed by atoms with Crippen LogP contribution in [0.25, 0.3) is 0 Å². The van der Waals surface area contributed by atoms with E-state index in [-0.39, 0.29) is 0 Å². The molecular formula is C15H27O3P. The molecule has 0 aliphatic rings. The zero-order valence-electron chi connectivity index (χ0n) is 12.9. The molecule has 110 valence electrons. The molecular weight excluding hydrogens is 259 g/mol. The van der Waals surface area contributed by atoms with Crippen LogP contribution in [0.4, 0.5) is 0 Å². The van der Waals surface area contributed by atoms with Gasteiger partial charge in [-0.25, -0.2) is 0 Å². The molecule has 0 rings (SSSR count). The lowest BCUT2D eigenvalue weighted by Gasteiger charge is -1.76. The van der Waals surface area contributed by atoms with E-state index in [1.54, 1.807) is 0 Å². The molecule has 0 fully saturated rings. The average Bonchev–Trinajstić information content (AvgIpc) is 2.33. The van der Waals surface area contributed by atoms with Crippen LogP contribution in [0.15, 0.2) is 0 Å². The summed E-state index contributed by atoms with van der Waals surface area (Å²) in [6.45, 7) is 11.7. The Bertz CT molecular complexity index is 255. The first-order valence-electron chi connectivity index (χ1n) is 6.03. The topological polar surface area (TPSA) is 60.7 Å². The Morgan fingerprint density at radius 2 is 0.789 bits per heavy atom. The van der Waals surface area contributed by atoms with E-state index in [4.69, 9.17) is 14.7 Å². The van der Waals surface area contributed by atoms with Crippen LogP contribution in [0.3, 0.4) is 0 Å². The van der Waals surface area contributed by atoms with Crippen LogP contribution >= 0.6 is 8.60 Å². The fourth-order valence-corrected chi connectivity index (χ4v) is 0.530. The lowest BCUT2D eigenvalue weighted by Crippen LogP contribution is -1.54. The van der Waals surface area contributed by atoms with Crippen molar-refractivity contribution in [1.82, 2.24) is 0 Å². The van der Waals surface area contributed by atoms with Crippen molar-refractivity contribution in [3.05, 3.63) is 0 Å². The first kappa shape index (κ1) is 26.5. The summed E-state index contributed by atoms with van der Waals surface area (Å²) >= 11 is 0. The van der Waals surface area contributed by atoms with Gasteiger partial charge in [0.2, 0.25) is 0 Å². The standard InChI is InChI=1S/3C5H8.H3O3P/c3*1-3-5-4-2;1-4(2)3/h3*3H2,1-2H3;1-3H. The third kappa shape index (κ3) is 153. The number of hydrogen-bond acceptors (Lipinski definition) is 3. The lowest BCUT2D eigenvalue weighted by molar-refractivity contribution is 0.368. The maximum Gasteiger partial charge on any atom is 0.324 e. The van der Waals surface area contributed by atoms with Crippen LogP contribution in [0, 0.1) is 35.5 Å². The molecule has 0 aliphatic carbocycles. The summed E-state index contributed by atoms with van der Waals surface area (Å²) in [4.78, 5) is 21.7. The maximum atomic E-state index is 7.23. The fourth-order valence-electron chi connectivity index (χ4n) is 0.530. The Balaban J connectivity index is -0.0000000793. The summed E-state index contributed by atoms with van der Waals surface area (Å²) in [5.41, 5.74) is 0. The zero-order chi connectivity index (χ0) is 15.9. The normalized spacial score (nSPS) is 6.00. The predicted molar refractivity (Wildman–Crippen MR) is 84.8 cm³/mol. The van der Waals surface area contributed by atoms with Crippen molar-refractivity contribution in [2.75, 3.05) is 0 Å². The van der Waals surface area contributed by atoms with Crippen molar-refractivity contribution in [2.45, 2.75) is 60.8 Å². The Kier molecular flexibility index (Phi) is 50.2. The Labute approximate surface area is 120 Å². The predicted octanol–water partition coefficient (Wildman–Crippen LogP) is 3.45. The molecule has 0 atom stereocenters. The summed E-state index contributed by atoms with van der Waals surface area (Å²) in [7, 11) is -2.62. The first-order valence-corrected chi connectivity index (χ1v) is 7.23. The van der Waals surface area contributed by atoms with Gasteiger partial charge in [-0.2, -0.15) is 0 Å². The van der Waals surface area contributed by atoms with E-state index in [1.807, 2.05) is 41.5 Å². The van der Waals surface area contributed by atoms with E-state index in [2.05, 4.69) is 35.5 Å². The molecule has 0 saturated carbocycles. The summed E-state index contributed by atoms with van der Waals surface area (Å²) in [5.74, 6) is 16.9. The summed E-state index contributed by atoms with van der Waals surface area (Å²) < 4.78 is 0. The van der Waals surface area contributed by atoms with Gasteiger partial charge in [-0.3, -0.25) is 0 Å². The van der Waals surface area contributed by atoms with Gasteiger partial charge in [-0.05, 0) is 20.8 Å². The van der Waals surface area contributed by atoms with Crippen molar-refractivity contribution in [3.63, 3.8) is 0 Å².